The number of benzene rings is 1. The van der Waals surface area contributed by atoms with Gasteiger partial charge in [-0.05, 0) is 11.6 Å². The van der Waals surface area contributed by atoms with Crippen LogP contribution in [-0.4, -0.2) is 19.4 Å². The van der Waals surface area contributed by atoms with Gasteiger partial charge in [0.15, 0.2) is 0 Å². The van der Waals surface area contributed by atoms with Crippen LogP contribution in [0.4, 0.5) is 5.69 Å². The van der Waals surface area contributed by atoms with E-state index in [0.717, 1.165) is 24.3 Å². The maximum atomic E-state index is 8.68. The SMILES string of the molecule is N#CCc1ccccc1N1C=NCC1. The number of hydrogen-bond acceptors (Lipinski definition) is 3. The van der Waals surface area contributed by atoms with Crippen LogP contribution in [0.2, 0.25) is 0 Å². The minimum atomic E-state index is 0.459. The number of anilines is 1. The van der Waals surface area contributed by atoms with Crippen molar-refractivity contribution in [1.29, 1.82) is 5.26 Å². The fraction of sp³-hybridized carbons (Fsp3) is 0.273. The Kier molecular flexibility index (Phi) is 2.46. The van der Waals surface area contributed by atoms with Gasteiger partial charge < -0.3 is 4.90 Å². The number of nitriles is 1. The summed E-state index contributed by atoms with van der Waals surface area (Å²) in [6.07, 6.45) is 2.30. The Bertz CT molecular complexity index is 390. The van der Waals surface area contributed by atoms with E-state index in [4.69, 9.17) is 5.26 Å². The van der Waals surface area contributed by atoms with Crippen LogP contribution in [0.3, 0.4) is 0 Å². The number of rotatable bonds is 2. The van der Waals surface area contributed by atoms with E-state index in [0.29, 0.717) is 6.42 Å². The summed E-state index contributed by atoms with van der Waals surface area (Å²) in [6, 6.07) is 10.1. The van der Waals surface area contributed by atoms with Crippen molar-refractivity contribution in [2.24, 2.45) is 4.99 Å². The number of para-hydroxylation sites is 1. The molecule has 1 aliphatic rings. The molecule has 3 nitrogen and oxygen atoms in total. The van der Waals surface area contributed by atoms with Gasteiger partial charge >= 0.3 is 0 Å². The first kappa shape index (κ1) is 8.76. The lowest BCUT2D eigenvalue weighted by molar-refractivity contribution is 1.01. The molecule has 1 heterocycles. The van der Waals surface area contributed by atoms with Crippen molar-refractivity contribution in [3.8, 4) is 6.07 Å². The van der Waals surface area contributed by atoms with Crippen LogP contribution in [0.15, 0.2) is 29.3 Å². The van der Waals surface area contributed by atoms with E-state index in [9.17, 15) is 0 Å². The molecule has 1 aliphatic heterocycles. The standard InChI is InChI=1S/C11H11N3/c12-6-5-10-3-1-2-4-11(10)14-8-7-13-9-14/h1-4,9H,5,7-8H2. The van der Waals surface area contributed by atoms with E-state index >= 15 is 0 Å². The summed E-state index contributed by atoms with van der Waals surface area (Å²) in [7, 11) is 0. The van der Waals surface area contributed by atoms with E-state index in [1.165, 1.54) is 0 Å². The minimum absolute atomic E-state index is 0.459. The molecule has 0 radical (unpaired) electrons. The summed E-state index contributed by atoms with van der Waals surface area (Å²) in [5.41, 5.74) is 2.18. The van der Waals surface area contributed by atoms with Gasteiger partial charge in [0.1, 0.15) is 0 Å². The van der Waals surface area contributed by atoms with Crippen molar-refractivity contribution < 1.29 is 0 Å². The van der Waals surface area contributed by atoms with E-state index in [2.05, 4.69) is 16.0 Å². The lowest BCUT2D eigenvalue weighted by atomic mass is 10.1. The van der Waals surface area contributed by atoms with Gasteiger partial charge in [0.2, 0.25) is 0 Å². The van der Waals surface area contributed by atoms with Crippen molar-refractivity contribution in [2.75, 3.05) is 18.0 Å². The second kappa shape index (κ2) is 3.93. The van der Waals surface area contributed by atoms with Gasteiger partial charge in [0, 0.05) is 12.2 Å². The predicted molar refractivity (Wildman–Crippen MR) is 56.5 cm³/mol. The highest BCUT2D eigenvalue weighted by molar-refractivity contribution is 5.82. The summed E-state index contributed by atoms with van der Waals surface area (Å²) in [6.45, 7) is 1.77. The van der Waals surface area contributed by atoms with Crippen molar-refractivity contribution >= 4 is 12.0 Å². The van der Waals surface area contributed by atoms with Gasteiger partial charge in [-0.3, -0.25) is 4.99 Å². The maximum absolute atomic E-state index is 8.68. The first-order valence-corrected chi connectivity index (χ1v) is 4.63. The van der Waals surface area contributed by atoms with Crippen molar-refractivity contribution in [1.82, 2.24) is 0 Å². The molecular formula is C11H11N3. The first-order valence-electron chi connectivity index (χ1n) is 4.63. The molecule has 0 aliphatic carbocycles. The highest BCUT2D eigenvalue weighted by Crippen LogP contribution is 2.20. The van der Waals surface area contributed by atoms with Gasteiger partial charge in [0.25, 0.3) is 0 Å². The second-order valence-electron chi connectivity index (χ2n) is 3.18. The van der Waals surface area contributed by atoms with E-state index in [1.54, 1.807) is 0 Å². The van der Waals surface area contributed by atoms with Crippen LogP contribution in [0.1, 0.15) is 5.56 Å². The largest absolute Gasteiger partial charge is 0.331 e. The summed E-state index contributed by atoms with van der Waals surface area (Å²) >= 11 is 0. The summed E-state index contributed by atoms with van der Waals surface area (Å²) < 4.78 is 0. The first-order chi connectivity index (χ1) is 6.92. The third kappa shape index (κ3) is 1.60. The fourth-order valence-corrected chi connectivity index (χ4v) is 1.59. The Labute approximate surface area is 83.3 Å². The molecule has 70 valence electrons. The number of nitrogens with zero attached hydrogens (tertiary/aromatic N) is 3. The smallest absolute Gasteiger partial charge is 0.0895 e. The van der Waals surface area contributed by atoms with Crippen molar-refractivity contribution in [3.63, 3.8) is 0 Å². The van der Waals surface area contributed by atoms with Crippen molar-refractivity contribution in [3.05, 3.63) is 29.8 Å². The molecule has 0 unspecified atom stereocenters. The van der Waals surface area contributed by atoms with E-state index in [1.807, 2.05) is 30.6 Å². The molecular weight excluding hydrogens is 174 g/mol. The summed E-state index contributed by atoms with van der Waals surface area (Å²) in [4.78, 5) is 6.25. The molecule has 0 N–H and O–H groups in total. The molecule has 1 aromatic rings. The second-order valence-corrected chi connectivity index (χ2v) is 3.18. The normalized spacial score (nSPS) is 14.4. The van der Waals surface area contributed by atoms with Crippen LogP contribution in [-0.2, 0) is 6.42 Å². The lowest BCUT2D eigenvalue weighted by Gasteiger charge is -2.16. The Balaban J connectivity index is 2.31. The molecule has 14 heavy (non-hydrogen) atoms. The molecule has 2 rings (SSSR count). The highest BCUT2D eigenvalue weighted by atomic mass is 15.2. The number of hydrogen-bond donors (Lipinski definition) is 0. The zero-order valence-corrected chi connectivity index (χ0v) is 7.85. The molecule has 0 saturated heterocycles. The molecule has 1 aromatic carbocycles. The molecule has 0 amide bonds. The Morgan fingerprint density at radius 2 is 2.29 bits per heavy atom. The Morgan fingerprint density at radius 3 is 3.00 bits per heavy atom. The van der Waals surface area contributed by atoms with Crippen LogP contribution in [0.5, 0.6) is 0 Å². The molecule has 0 atom stereocenters. The average molecular weight is 185 g/mol. The zero-order chi connectivity index (χ0) is 9.80. The minimum Gasteiger partial charge on any atom is -0.331 e. The Morgan fingerprint density at radius 1 is 1.43 bits per heavy atom. The summed E-state index contributed by atoms with van der Waals surface area (Å²) in [5, 5.41) is 8.68. The average Bonchev–Trinajstić information content (AvgIpc) is 2.72. The third-order valence-corrected chi connectivity index (χ3v) is 2.26. The van der Waals surface area contributed by atoms with Gasteiger partial charge in [-0.2, -0.15) is 5.26 Å². The molecule has 0 bridgehead atoms. The van der Waals surface area contributed by atoms with Gasteiger partial charge in [-0.1, -0.05) is 18.2 Å². The molecule has 0 saturated carbocycles. The maximum Gasteiger partial charge on any atom is 0.0895 e. The molecule has 0 aromatic heterocycles. The van der Waals surface area contributed by atoms with Gasteiger partial charge in [-0.15, -0.1) is 0 Å². The fourth-order valence-electron chi connectivity index (χ4n) is 1.59. The van der Waals surface area contributed by atoms with Crippen molar-refractivity contribution in [2.45, 2.75) is 6.42 Å². The van der Waals surface area contributed by atoms with E-state index < -0.39 is 0 Å². The van der Waals surface area contributed by atoms with E-state index in [-0.39, 0.29) is 0 Å². The summed E-state index contributed by atoms with van der Waals surface area (Å²) in [5.74, 6) is 0. The lowest BCUT2D eigenvalue weighted by Crippen LogP contribution is -2.19. The van der Waals surface area contributed by atoms with Crippen LogP contribution in [0, 0.1) is 11.3 Å². The van der Waals surface area contributed by atoms with Crippen LogP contribution in [0.25, 0.3) is 0 Å². The monoisotopic (exact) mass is 185 g/mol. The van der Waals surface area contributed by atoms with Crippen LogP contribution >= 0.6 is 0 Å². The zero-order valence-electron chi connectivity index (χ0n) is 7.85. The highest BCUT2D eigenvalue weighted by Gasteiger charge is 2.11. The molecule has 0 spiro atoms. The quantitative estimate of drug-likeness (QED) is 0.702. The predicted octanol–water partition coefficient (Wildman–Crippen LogP) is 1.60. The molecule has 0 fully saturated rings. The Hall–Kier alpha value is -1.82. The van der Waals surface area contributed by atoms with Gasteiger partial charge in [0.05, 0.1) is 25.4 Å². The van der Waals surface area contributed by atoms with Gasteiger partial charge in [-0.25, -0.2) is 0 Å². The topological polar surface area (TPSA) is 39.4 Å². The third-order valence-electron chi connectivity index (χ3n) is 2.26. The molecule has 3 heteroatoms. The number of aliphatic imine (C=N–C) groups is 1. The van der Waals surface area contributed by atoms with Crippen LogP contribution < -0.4 is 4.90 Å².